The molecule has 1 atom stereocenters. The van der Waals surface area contributed by atoms with Crippen molar-refractivity contribution in [1.82, 2.24) is 14.5 Å². The number of amides is 2. The number of ether oxygens (including phenoxy) is 2. The van der Waals surface area contributed by atoms with Crippen LogP contribution in [-0.4, -0.2) is 69.9 Å². The molecule has 230 valence electrons. The molecule has 1 aliphatic heterocycles. The molecule has 1 heterocycles. The Morgan fingerprint density at radius 1 is 0.907 bits per heavy atom. The Bertz CT molecular complexity index is 1420. The van der Waals surface area contributed by atoms with Crippen LogP contribution in [0.2, 0.25) is 0 Å². The number of hydrogen-bond donors (Lipinski definition) is 1. The summed E-state index contributed by atoms with van der Waals surface area (Å²) < 4.78 is 37.8. The second-order valence-electron chi connectivity index (χ2n) is 10.6. The van der Waals surface area contributed by atoms with E-state index < -0.39 is 16.1 Å². The monoisotopic (exact) mass is 607 g/mol. The van der Waals surface area contributed by atoms with Gasteiger partial charge in [-0.15, -0.1) is 0 Å². The fourth-order valence-corrected chi connectivity index (χ4v) is 6.70. The van der Waals surface area contributed by atoms with Crippen molar-refractivity contribution in [2.75, 3.05) is 40.5 Å². The molecule has 10 heteroatoms. The summed E-state index contributed by atoms with van der Waals surface area (Å²) in [6.07, 6.45) is 2.95. The highest BCUT2D eigenvalue weighted by Crippen LogP contribution is 2.26. The summed E-state index contributed by atoms with van der Waals surface area (Å²) in [6.45, 7) is 2.26. The number of aryl methyl sites for hydroxylation is 1. The molecule has 1 saturated heterocycles. The van der Waals surface area contributed by atoms with E-state index in [-0.39, 0.29) is 29.7 Å². The quantitative estimate of drug-likeness (QED) is 0.258. The molecule has 0 radical (unpaired) electrons. The smallest absolute Gasteiger partial charge is 0.247 e. The van der Waals surface area contributed by atoms with E-state index in [2.05, 4.69) is 5.32 Å². The molecule has 1 aliphatic rings. The van der Waals surface area contributed by atoms with Crippen molar-refractivity contribution in [3.8, 4) is 5.75 Å². The van der Waals surface area contributed by atoms with Crippen molar-refractivity contribution in [2.24, 2.45) is 0 Å². The summed E-state index contributed by atoms with van der Waals surface area (Å²) in [7, 11) is -0.295. The van der Waals surface area contributed by atoms with Gasteiger partial charge in [-0.2, -0.15) is 4.31 Å². The summed E-state index contributed by atoms with van der Waals surface area (Å²) in [5, 5.41) is 2.98. The standard InChI is InChI=1S/C33H41N3O6S/c1-41-24-8-21-34-33(38)32(28-9-4-3-5-10-28)36(25-27-11-16-29(42-2)17-12-27)31(37)20-15-26-13-18-30(19-14-26)43(39,40)35-22-6-7-23-35/h3-5,9-14,16-19,32H,6-8,15,20-25H2,1-2H3,(H,34,38)/t32-/m0/s1. The molecular formula is C33H41N3O6S. The van der Waals surface area contributed by atoms with Crippen molar-refractivity contribution < 1.29 is 27.5 Å². The van der Waals surface area contributed by atoms with Gasteiger partial charge in [0.1, 0.15) is 11.8 Å². The fourth-order valence-electron chi connectivity index (χ4n) is 5.18. The molecule has 43 heavy (non-hydrogen) atoms. The average Bonchev–Trinajstić information content (AvgIpc) is 3.59. The molecule has 0 saturated carbocycles. The van der Waals surface area contributed by atoms with Gasteiger partial charge in [-0.05, 0) is 66.6 Å². The van der Waals surface area contributed by atoms with Crippen molar-refractivity contribution in [2.45, 2.75) is 49.6 Å². The molecule has 3 aromatic carbocycles. The Morgan fingerprint density at radius 2 is 1.56 bits per heavy atom. The number of rotatable bonds is 15. The largest absolute Gasteiger partial charge is 0.497 e. The van der Waals surface area contributed by atoms with Crippen LogP contribution >= 0.6 is 0 Å². The Labute approximate surface area is 254 Å². The third-order valence-electron chi connectivity index (χ3n) is 7.59. The lowest BCUT2D eigenvalue weighted by atomic mass is 10.0. The maximum Gasteiger partial charge on any atom is 0.247 e. The number of carbonyl (C=O) groups is 2. The minimum Gasteiger partial charge on any atom is -0.497 e. The van der Waals surface area contributed by atoms with E-state index in [1.165, 1.54) is 4.31 Å². The first-order valence-corrected chi connectivity index (χ1v) is 16.1. The van der Waals surface area contributed by atoms with Gasteiger partial charge < -0.3 is 19.7 Å². The number of nitrogens with one attached hydrogen (secondary N) is 1. The van der Waals surface area contributed by atoms with Crippen LogP contribution < -0.4 is 10.1 Å². The molecule has 2 amide bonds. The van der Waals surface area contributed by atoms with Crippen LogP contribution in [0.1, 0.15) is 48.4 Å². The van der Waals surface area contributed by atoms with Crippen molar-refractivity contribution >= 4 is 21.8 Å². The molecule has 1 N–H and O–H groups in total. The second kappa shape index (κ2) is 15.7. The number of methoxy groups -OCH3 is 2. The van der Waals surface area contributed by atoms with E-state index in [9.17, 15) is 18.0 Å². The average molecular weight is 608 g/mol. The van der Waals surface area contributed by atoms with Crippen LogP contribution in [0.5, 0.6) is 5.75 Å². The van der Waals surface area contributed by atoms with Gasteiger partial charge in [0, 0.05) is 46.3 Å². The Morgan fingerprint density at radius 3 is 2.19 bits per heavy atom. The molecule has 4 rings (SSSR count). The van der Waals surface area contributed by atoms with Gasteiger partial charge in [0.15, 0.2) is 0 Å². The maximum atomic E-state index is 13.9. The van der Waals surface area contributed by atoms with Gasteiger partial charge in [-0.25, -0.2) is 8.42 Å². The first-order chi connectivity index (χ1) is 20.8. The molecule has 9 nitrogen and oxygen atoms in total. The number of benzene rings is 3. The summed E-state index contributed by atoms with van der Waals surface area (Å²) in [6, 6.07) is 22.6. The number of nitrogens with zero attached hydrogens (tertiary/aromatic N) is 2. The lowest BCUT2D eigenvalue weighted by Gasteiger charge is -2.32. The van der Waals surface area contributed by atoms with Crippen LogP contribution in [0, 0.1) is 0 Å². The number of hydrogen-bond acceptors (Lipinski definition) is 6. The highest BCUT2D eigenvalue weighted by atomic mass is 32.2. The Hall–Kier alpha value is -3.73. The maximum absolute atomic E-state index is 13.9. The summed E-state index contributed by atoms with van der Waals surface area (Å²) >= 11 is 0. The van der Waals surface area contributed by atoms with Gasteiger partial charge in [0.2, 0.25) is 21.8 Å². The van der Waals surface area contributed by atoms with E-state index in [4.69, 9.17) is 9.47 Å². The first-order valence-electron chi connectivity index (χ1n) is 14.7. The van der Waals surface area contributed by atoms with E-state index in [1.807, 2.05) is 54.6 Å². The molecule has 0 aliphatic carbocycles. The fraction of sp³-hybridized carbons (Fsp3) is 0.394. The molecular weight excluding hydrogens is 566 g/mol. The number of sulfonamides is 1. The lowest BCUT2D eigenvalue weighted by Crippen LogP contribution is -2.43. The highest BCUT2D eigenvalue weighted by molar-refractivity contribution is 7.89. The minimum absolute atomic E-state index is 0.147. The van der Waals surface area contributed by atoms with Gasteiger partial charge in [0.25, 0.3) is 0 Å². The third kappa shape index (κ3) is 8.65. The lowest BCUT2D eigenvalue weighted by molar-refractivity contribution is -0.141. The molecule has 0 bridgehead atoms. The zero-order valence-electron chi connectivity index (χ0n) is 24.9. The van der Waals surface area contributed by atoms with E-state index in [0.29, 0.717) is 50.4 Å². The third-order valence-corrected chi connectivity index (χ3v) is 9.50. The van der Waals surface area contributed by atoms with E-state index in [0.717, 1.165) is 24.0 Å². The summed E-state index contributed by atoms with van der Waals surface area (Å²) in [5.74, 6) is 0.249. The van der Waals surface area contributed by atoms with Crippen LogP contribution in [0.3, 0.4) is 0 Å². The Kier molecular flexibility index (Phi) is 11.7. The van der Waals surface area contributed by atoms with Crippen LogP contribution in [0.25, 0.3) is 0 Å². The predicted molar refractivity (Wildman–Crippen MR) is 165 cm³/mol. The van der Waals surface area contributed by atoms with Gasteiger partial charge in [-0.1, -0.05) is 54.6 Å². The van der Waals surface area contributed by atoms with Gasteiger partial charge in [0.05, 0.1) is 12.0 Å². The molecule has 0 aromatic heterocycles. The van der Waals surface area contributed by atoms with Crippen molar-refractivity contribution in [1.29, 1.82) is 0 Å². The van der Waals surface area contributed by atoms with E-state index >= 15 is 0 Å². The van der Waals surface area contributed by atoms with Crippen molar-refractivity contribution in [3.63, 3.8) is 0 Å². The van der Waals surface area contributed by atoms with Crippen LogP contribution in [0.4, 0.5) is 0 Å². The second-order valence-corrected chi connectivity index (χ2v) is 12.5. The zero-order chi connectivity index (χ0) is 30.7. The summed E-state index contributed by atoms with van der Waals surface area (Å²) in [5.41, 5.74) is 2.42. The minimum atomic E-state index is -3.51. The zero-order valence-corrected chi connectivity index (χ0v) is 25.7. The summed E-state index contributed by atoms with van der Waals surface area (Å²) in [4.78, 5) is 29.5. The van der Waals surface area contributed by atoms with E-state index in [1.54, 1.807) is 43.4 Å². The molecule has 3 aromatic rings. The topological polar surface area (TPSA) is 105 Å². The normalized spacial score (nSPS) is 14.3. The van der Waals surface area contributed by atoms with Gasteiger partial charge in [-0.3, -0.25) is 9.59 Å². The van der Waals surface area contributed by atoms with Crippen molar-refractivity contribution in [3.05, 3.63) is 95.6 Å². The molecule has 0 unspecified atom stereocenters. The first kappa shape index (κ1) is 32.2. The SMILES string of the molecule is COCCCNC(=O)[C@H](c1ccccc1)N(Cc1ccc(OC)cc1)C(=O)CCc1ccc(S(=O)(=O)N2CCCC2)cc1. The number of carbonyl (C=O) groups excluding carboxylic acids is 2. The Balaban J connectivity index is 1.55. The molecule has 0 spiro atoms. The predicted octanol–water partition coefficient (Wildman–Crippen LogP) is 4.34. The highest BCUT2D eigenvalue weighted by Gasteiger charge is 2.31. The van der Waals surface area contributed by atoms with Gasteiger partial charge >= 0.3 is 0 Å². The molecule has 1 fully saturated rings. The van der Waals surface area contributed by atoms with Crippen LogP contribution in [-0.2, 0) is 37.3 Å². The van der Waals surface area contributed by atoms with Crippen LogP contribution in [0.15, 0.2) is 83.8 Å².